The molecular formula is C14H18O3S. The van der Waals surface area contributed by atoms with Crippen molar-refractivity contribution in [3.8, 4) is 5.75 Å². The molecule has 1 aliphatic carbocycles. The van der Waals surface area contributed by atoms with Gasteiger partial charge in [-0.1, -0.05) is 24.6 Å². The number of carboxylic acids is 1. The van der Waals surface area contributed by atoms with Crippen molar-refractivity contribution in [2.45, 2.75) is 30.3 Å². The van der Waals surface area contributed by atoms with Crippen molar-refractivity contribution in [2.75, 3.05) is 7.11 Å². The predicted octanol–water partition coefficient (Wildman–Crippen LogP) is 3.18. The molecule has 4 heteroatoms. The van der Waals surface area contributed by atoms with Crippen molar-refractivity contribution in [1.29, 1.82) is 0 Å². The number of hydrogen-bond donors (Lipinski definition) is 1. The van der Waals surface area contributed by atoms with Gasteiger partial charge < -0.3 is 9.84 Å². The molecule has 2 rings (SSSR count). The zero-order valence-electron chi connectivity index (χ0n) is 10.5. The lowest BCUT2D eigenvalue weighted by Gasteiger charge is -2.16. The fourth-order valence-electron chi connectivity index (χ4n) is 2.43. The number of aliphatic carboxylic acids is 1. The van der Waals surface area contributed by atoms with Crippen LogP contribution in [-0.2, 0) is 10.5 Å². The van der Waals surface area contributed by atoms with Crippen molar-refractivity contribution in [3.05, 3.63) is 29.8 Å². The fourth-order valence-corrected chi connectivity index (χ4v) is 3.88. The molecule has 1 saturated carbocycles. The summed E-state index contributed by atoms with van der Waals surface area (Å²) in [6.07, 6.45) is 2.86. The number of carboxylic acid groups (broad SMARTS) is 1. The number of methoxy groups -OCH3 is 1. The van der Waals surface area contributed by atoms with Gasteiger partial charge in [-0.05, 0) is 18.9 Å². The minimum atomic E-state index is -0.648. The van der Waals surface area contributed by atoms with Gasteiger partial charge in [-0.3, -0.25) is 4.79 Å². The van der Waals surface area contributed by atoms with E-state index in [1.807, 2.05) is 24.3 Å². The average molecular weight is 266 g/mol. The Morgan fingerprint density at radius 1 is 1.44 bits per heavy atom. The number of hydrogen-bond acceptors (Lipinski definition) is 3. The lowest BCUT2D eigenvalue weighted by molar-refractivity contribution is -0.141. The number of benzene rings is 1. The van der Waals surface area contributed by atoms with Gasteiger partial charge >= 0.3 is 5.97 Å². The first-order valence-electron chi connectivity index (χ1n) is 6.18. The Morgan fingerprint density at radius 2 is 2.22 bits per heavy atom. The Kier molecular flexibility index (Phi) is 4.53. The Balaban J connectivity index is 1.97. The second-order valence-electron chi connectivity index (χ2n) is 4.54. The van der Waals surface area contributed by atoms with Crippen molar-refractivity contribution in [1.82, 2.24) is 0 Å². The van der Waals surface area contributed by atoms with E-state index in [0.717, 1.165) is 36.3 Å². The number of ether oxygens (including phenoxy) is 1. The molecule has 0 saturated heterocycles. The molecule has 0 spiro atoms. The summed E-state index contributed by atoms with van der Waals surface area (Å²) in [6, 6.07) is 7.92. The summed E-state index contributed by atoms with van der Waals surface area (Å²) >= 11 is 1.74. The van der Waals surface area contributed by atoms with Crippen LogP contribution in [0.25, 0.3) is 0 Å². The number of rotatable bonds is 5. The maximum Gasteiger partial charge on any atom is 0.307 e. The van der Waals surface area contributed by atoms with Gasteiger partial charge in [0.05, 0.1) is 13.0 Å². The molecular weight excluding hydrogens is 248 g/mol. The van der Waals surface area contributed by atoms with Crippen molar-refractivity contribution in [2.24, 2.45) is 5.92 Å². The minimum Gasteiger partial charge on any atom is -0.496 e. The molecule has 1 aromatic carbocycles. The van der Waals surface area contributed by atoms with Crippen LogP contribution in [0.2, 0.25) is 0 Å². The van der Waals surface area contributed by atoms with Crippen molar-refractivity contribution in [3.63, 3.8) is 0 Å². The number of carbonyl (C=O) groups is 1. The van der Waals surface area contributed by atoms with E-state index in [4.69, 9.17) is 9.84 Å². The van der Waals surface area contributed by atoms with E-state index in [1.165, 1.54) is 0 Å². The highest BCUT2D eigenvalue weighted by atomic mass is 32.2. The van der Waals surface area contributed by atoms with Crippen LogP contribution in [0.4, 0.5) is 0 Å². The SMILES string of the molecule is COc1ccccc1CSC1CCCC1C(=O)O. The van der Waals surface area contributed by atoms with E-state index in [0.29, 0.717) is 0 Å². The summed E-state index contributed by atoms with van der Waals surface area (Å²) < 4.78 is 5.31. The molecule has 2 unspecified atom stereocenters. The maximum absolute atomic E-state index is 11.1. The molecule has 0 aromatic heterocycles. The van der Waals surface area contributed by atoms with Crippen LogP contribution in [0, 0.1) is 5.92 Å². The molecule has 0 radical (unpaired) electrons. The molecule has 1 N–H and O–H groups in total. The van der Waals surface area contributed by atoms with Crippen LogP contribution < -0.4 is 4.74 Å². The third-order valence-electron chi connectivity index (χ3n) is 3.42. The minimum absolute atomic E-state index is 0.176. The quantitative estimate of drug-likeness (QED) is 0.889. The fraction of sp³-hybridized carbons (Fsp3) is 0.500. The number of para-hydroxylation sites is 1. The summed E-state index contributed by atoms with van der Waals surface area (Å²) in [4.78, 5) is 11.1. The molecule has 0 aliphatic heterocycles. The molecule has 3 nitrogen and oxygen atoms in total. The van der Waals surface area contributed by atoms with Crippen LogP contribution in [-0.4, -0.2) is 23.4 Å². The average Bonchev–Trinajstić information content (AvgIpc) is 2.85. The molecule has 0 bridgehead atoms. The van der Waals surface area contributed by atoms with Gasteiger partial charge in [0, 0.05) is 16.6 Å². The molecule has 2 atom stereocenters. The van der Waals surface area contributed by atoms with Gasteiger partial charge in [0.25, 0.3) is 0 Å². The second-order valence-corrected chi connectivity index (χ2v) is 5.76. The van der Waals surface area contributed by atoms with Crippen LogP contribution in [0.5, 0.6) is 5.75 Å². The lowest BCUT2D eigenvalue weighted by atomic mass is 10.1. The van der Waals surface area contributed by atoms with Crippen molar-refractivity contribution < 1.29 is 14.6 Å². The van der Waals surface area contributed by atoms with Gasteiger partial charge in [0.2, 0.25) is 0 Å². The largest absolute Gasteiger partial charge is 0.496 e. The molecule has 1 aromatic rings. The molecule has 0 amide bonds. The van der Waals surface area contributed by atoms with E-state index in [1.54, 1.807) is 18.9 Å². The monoisotopic (exact) mass is 266 g/mol. The highest BCUT2D eigenvalue weighted by Gasteiger charge is 2.33. The molecule has 18 heavy (non-hydrogen) atoms. The molecule has 1 aliphatic rings. The second kappa shape index (κ2) is 6.14. The number of thioether (sulfide) groups is 1. The zero-order valence-corrected chi connectivity index (χ0v) is 11.3. The Bertz CT molecular complexity index is 419. The summed E-state index contributed by atoms with van der Waals surface area (Å²) in [5.41, 5.74) is 1.14. The van der Waals surface area contributed by atoms with Crippen LogP contribution >= 0.6 is 11.8 Å². The third kappa shape index (κ3) is 2.99. The third-order valence-corrected chi connectivity index (χ3v) is 4.89. The van der Waals surface area contributed by atoms with Gasteiger partial charge in [0.1, 0.15) is 5.75 Å². The van der Waals surface area contributed by atoms with E-state index < -0.39 is 5.97 Å². The summed E-state index contributed by atoms with van der Waals surface area (Å²) in [6.45, 7) is 0. The lowest BCUT2D eigenvalue weighted by Crippen LogP contribution is -2.20. The van der Waals surface area contributed by atoms with Crippen LogP contribution in [0.1, 0.15) is 24.8 Å². The first kappa shape index (κ1) is 13.3. The first-order valence-corrected chi connectivity index (χ1v) is 7.23. The standard InChI is InChI=1S/C14H18O3S/c1-17-12-7-3-2-5-10(12)9-18-13-8-4-6-11(13)14(15)16/h2-3,5,7,11,13H,4,6,8-9H2,1H3,(H,15,16). The predicted molar refractivity (Wildman–Crippen MR) is 73.1 cm³/mol. The Labute approximate surface area is 112 Å². The summed E-state index contributed by atoms with van der Waals surface area (Å²) in [5.74, 6) is 0.878. The van der Waals surface area contributed by atoms with E-state index in [2.05, 4.69) is 0 Å². The van der Waals surface area contributed by atoms with Gasteiger partial charge in [0.15, 0.2) is 0 Å². The summed E-state index contributed by atoms with van der Waals surface area (Å²) in [5, 5.41) is 9.39. The molecule has 1 fully saturated rings. The summed E-state index contributed by atoms with van der Waals surface area (Å²) in [7, 11) is 1.67. The smallest absolute Gasteiger partial charge is 0.307 e. The van der Waals surface area contributed by atoms with Gasteiger partial charge in [-0.15, -0.1) is 0 Å². The van der Waals surface area contributed by atoms with E-state index in [-0.39, 0.29) is 11.2 Å². The Hall–Kier alpha value is -1.16. The zero-order chi connectivity index (χ0) is 13.0. The molecule has 0 heterocycles. The Morgan fingerprint density at radius 3 is 2.94 bits per heavy atom. The van der Waals surface area contributed by atoms with Gasteiger partial charge in [-0.25, -0.2) is 0 Å². The maximum atomic E-state index is 11.1. The normalized spacial score (nSPS) is 22.9. The highest BCUT2D eigenvalue weighted by molar-refractivity contribution is 7.99. The van der Waals surface area contributed by atoms with E-state index in [9.17, 15) is 4.79 Å². The first-order chi connectivity index (χ1) is 8.72. The van der Waals surface area contributed by atoms with Crippen LogP contribution in [0.15, 0.2) is 24.3 Å². The van der Waals surface area contributed by atoms with E-state index >= 15 is 0 Å². The molecule has 98 valence electrons. The van der Waals surface area contributed by atoms with Gasteiger partial charge in [-0.2, -0.15) is 11.8 Å². The van der Waals surface area contributed by atoms with Crippen LogP contribution in [0.3, 0.4) is 0 Å². The van der Waals surface area contributed by atoms with Crippen molar-refractivity contribution >= 4 is 17.7 Å². The topological polar surface area (TPSA) is 46.5 Å². The highest BCUT2D eigenvalue weighted by Crippen LogP contribution is 2.37.